The molecule has 168 valence electrons. The van der Waals surface area contributed by atoms with E-state index < -0.39 is 4.92 Å². The predicted octanol–water partition coefficient (Wildman–Crippen LogP) is 4.97. The van der Waals surface area contributed by atoms with Crippen LogP contribution in [0.2, 0.25) is 0 Å². The first-order valence-corrected chi connectivity index (χ1v) is 10.9. The molecule has 3 aromatic rings. The molecule has 1 heterocycles. The SMILES string of the molecule is CCOc1cc(-c2c(C#N)c(N)nc3c2CCCC3)ccc1OCc1ccc([N+](=O)[O-])cc1. The number of nitro groups is 1. The van der Waals surface area contributed by atoms with Gasteiger partial charge < -0.3 is 15.2 Å². The van der Waals surface area contributed by atoms with Crippen molar-refractivity contribution in [2.75, 3.05) is 12.3 Å². The Balaban J connectivity index is 1.67. The fraction of sp³-hybridized carbons (Fsp3) is 0.280. The highest BCUT2D eigenvalue weighted by Crippen LogP contribution is 2.39. The molecule has 2 N–H and O–H groups in total. The molecule has 0 unspecified atom stereocenters. The van der Waals surface area contributed by atoms with Gasteiger partial charge in [-0.2, -0.15) is 5.26 Å². The van der Waals surface area contributed by atoms with Gasteiger partial charge in [0, 0.05) is 23.4 Å². The Morgan fingerprint density at radius 1 is 1.12 bits per heavy atom. The van der Waals surface area contributed by atoms with Gasteiger partial charge in [-0.25, -0.2) is 4.98 Å². The molecule has 1 aromatic heterocycles. The van der Waals surface area contributed by atoms with E-state index in [-0.39, 0.29) is 18.1 Å². The summed E-state index contributed by atoms with van der Waals surface area (Å²) < 4.78 is 11.8. The number of non-ortho nitro benzene ring substituents is 1. The molecular formula is C25H24N4O4. The Hall–Kier alpha value is -4.12. The highest BCUT2D eigenvalue weighted by Gasteiger charge is 2.23. The fourth-order valence-corrected chi connectivity index (χ4v) is 4.12. The number of nitrogens with zero attached hydrogens (tertiary/aromatic N) is 3. The van der Waals surface area contributed by atoms with Crippen LogP contribution < -0.4 is 15.2 Å². The quantitative estimate of drug-likeness (QED) is 0.403. The first-order chi connectivity index (χ1) is 16.0. The number of ether oxygens (including phenoxy) is 2. The maximum absolute atomic E-state index is 10.8. The molecule has 0 amide bonds. The van der Waals surface area contributed by atoms with E-state index in [1.54, 1.807) is 12.1 Å². The van der Waals surface area contributed by atoms with Crippen LogP contribution in [-0.2, 0) is 19.4 Å². The van der Waals surface area contributed by atoms with Gasteiger partial charge in [-0.1, -0.05) is 6.07 Å². The molecule has 0 aliphatic heterocycles. The number of aryl methyl sites for hydroxylation is 1. The molecule has 0 radical (unpaired) electrons. The third kappa shape index (κ3) is 4.58. The van der Waals surface area contributed by atoms with Crippen molar-refractivity contribution in [3.8, 4) is 28.7 Å². The third-order valence-corrected chi connectivity index (χ3v) is 5.69. The zero-order valence-corrected chi connectivity index (χ0v) is 18.3. The smallest absolute Gasteiger partial charge is 0.269 e. The monoisotopic (exact) mass is 444 g/mol. The van der Waals surface area contributed by atoms with Crippen LogP contribution in [0, 0.1) is 21.4 Å². The Morgan fingerprint density at radius 3 is 2.58 bits per heavy atom. The minimum atomic E-state index is -0.434. The van der Waals surface area contributed by atoms with Gasteiger partial charge in [-0.15, -0.1) is 0 Å². The minimum absolute atomic E-state index is 0.0337. The molecule has 0 atom stereocenters. The zero-order chi connectivity index (χ0) is 23.4. The number of nitriles is 1. The molecule has 8 heteroatoms. The Morgan fingerprint density at radius 2 is 1.88 bits per heavy atom. The summed E-state index contributed by atoms with van der Waals surface area (Å²) >= 11 is 0. The van der Waals surface area contributed by atoms with Crippen molar-refractivity contribution in [1.29, 1.82) is 5.26 Å². The van der Waals surface area contributed by atoms with E-state index in [0.717, 1.165) is 53.6 Å². The average molecular weight is 444 g/mol. The highest BCUT2D eigenvalue weighted by molar-refractivity contribution is 5.80. The topological polar surface area (TPSA) is 124 Å². The van der Waals surface area contributed by atoms with Crippen LogP contribution in [-0.4, -0.2) is 16.5 Å². The molecule has 0 bridgehead atoms. The van der Waals surface area contributed by atoms with E-state index in [9.17, 15) is 15.4 Å². The largest absolute Gasteiger partial charge is 0.490 e. The maximum Gasteiger partial charge on any atom is 0.269 e. The van der Waals surface area contributed by atoms with Crippen LogP contribution >= 0.6 is 0 Å². The van der Waals surface area contributed by atoms with Crippen molar-refractivity contribution >= 4 is 11.5 Å². The lowest BCUT2D eigenvalue weighted by Gasteiger charge is -2.22. The Bertz CT molecular complexity index is 1230. The number of nitrogen functional groups attached to an aromatic ring is 1. The number of pyridine rings is 1. The number of nitrogens with two attached hydrogens (primary N) is 1. The summed E-state index contributed by atoms with van der Waals surface area (Å²) in [5.74, 6) is 1.36. The summed E-state index contributed by atoms with van der Waals surface area (Å²) in [6, 6.07) is 14.1. The summed E-state index contributed by atoms with van der Waals surface area (Å²) in [4.78, 5) is 14.9. The average Bonchev–Trinajstić information content (AvgIpc) is 2.82. The predicted molar refractivity (Wildman–Crippen MR) is 124 cm³/mol. The van der Waals surface area contributed by atoms with E-state index in [4.69, 9.17) is 15.2 Å². The first-order valence-electron chi connectivity index (χ1n) is 10.9. The van der Waals surface area contributed by atoms with Crippen molar-refractivity contribution in [2.45, 2.75) is 39.2 Å². The fourth-order valence-electron chi connectivity index (χ4n) is 4.12. The molecule has 0 fully saturated rings. The van der Waals surface area contributed by atoms with Gasteiger partial charge in [0.1, 0.15) is 24.1 Å². The van der Waals surface area contributed by atoms with E-state index >= 15 is 0 Å². The second-order valence-corrected chi connectivity index (χ2v) is 7.80. The summed E-state index contributed by atoms with van der Waals surface area (Å²) in [5, 5.41) is 20.6. The zero-order valence-electron chi connectivity index (χ0n) is 18.3. The van der Waals surface area contributed by atoms with Gasteiger partial charge in [0.05, 0.1) is 11.5 Å². The highest BCUT2D eigenvalue weighted by atomic mass is 16.6. The summed E-state index contributed by atoms with van der Waals surface area (Å²) in [6.45, 7) is 2.57. The van der Waals surface area contributed by atoms with Crippen LogP contribution in [0.25, 0.3) is 11.1 Å². The number of anilines is 1. The number of hydrogen-bond donors (Lipinski definition) is 1. The first kappa shape index (κ1) is 22.1. The lowest BCUT2D eigenvalue weighted by Crippen LogP contribution is -2.12. The third-order valence-electron chi connectivity index (χ3n) is 5.69. The van der Waals surface area contributed by atoms with E-state index in [2.05, 4.69) is 11.1 Å². The summed E-state index contributed by atoms with van der Waals surface area (Å²) in [6.07, 6.45) is 3.82. The van der Waals surface area contributed by atoms with Gasteiger partial charge in [0.2, 0.25) is 0 Å². The van der Waals surface area contributed by atoms with Crippen molar-refractivity contribution in [2.24, 2.45) is 0 Å². The van der Waals surface area contributed by atoms with E-state index in [1.165, 1.54) is 12.1 Å². The standard InChI is InChI=1S/C25H24N4O4/c1-2-32-23-13-17(24-19-5-3-4-6-21(19)28-25(27)20(24)14-26)9-12-22(23)33-15-16-7-10-18(11-8-16)29(30)31/h7-13H,2-6,15H2,1H3,(H2,27,28). The second kappa shape index (κ2) is 9.57. The van der Waals surface area contributed by atoms with Crippen LogP contribution in [0.5, 0.6) is 11.5 Å². The number of fused-ring (bicyclic) bond motifs is 1. The number of nitro benzene ring substituents is 1. The van der Waals surface area contributed by atoms with Gasteiger partial charge in [0.25, 0.3) is 5.69 Å². The van der Waals surface area contributed by atoms with Gasteiger partial charge in [-0.05, 0) is 73.6 Å². The van der Waals surface area contributed by atoms with Gasteiger partial charge in [-0.3, -0.25) is 10.1 Å². The van der Waals surface area contributed by atoms with Gasteiger partial charge >= 0.3 is 0 Å². The normalized spacial score (nSPS) is 12.5. The second-order valence-electron chi connectivity index (χ2n) is 7.80. The van der Waals surface area contributed by atoms with Crippen molar-refractivity contribution in [3.63, 3.8) is 0 Å². The minimum Gasteiger partial charge on any atom is -0.490 e. The Labute approximate surface area is 191 Å². The molecule has 33 heavy (non-hydrogen) atoms. The molecule has 1 aliphatic carbocycles. The lowest BCUT2D eigenvalue weighted by atomic mass is 9.86. The number of aromatic nitrogens is 1. The molecule has 4 rings (SSSR count). The van der Waals surface area contributed by atoms with Crippen LogP contribution in [0.4, 0.5) is 11.5 Å². The van der Waals surface area contributed by atoms with E-state index in [1.807, 2.05) is 25.1 Å². The molecular weight excluding hydrogens is 420 g/mol. The summed E-state index contributed by atoms with van der Waals surface area (Å²) in [5.41, 5.74) is 11.1. The van der Waals surface area contributed by atoms with E-state index in [0.29, 0.717) is 23.7 Å². The van der Waals surface area contributed by atoms with Crippen LogP contribution in [0.15, 0.2) is 42.5 Å². The number of rotatable bonds is 7. The lowest BCUT2D eigenvalue weighted by molar-refractivity contribution is -0.384. The number of benzene rings is 2. The Kier molecular flexibility index (Phi) is 6.41. The van der Waals surface area contributed by atoms with Crippen molar-refractivity contribution in [3.05, 3.63) is 75.0 Å². The number of hydrogen-bond acceptors (Lipinski definition) is 7. The summed E-state index contributed by atoms with van der Waals surface area (Å²) in [7, 11) is 0. The van der Waals surface area contributed by atoms with Gasteiger partial charge in [0.15, 0.2) is 11.5 Å². The molecule has 2 aromatic carbocycles. The molecule has 0 spiro atoms. The van der Waals surface area contributed by atoms with Crippen molar-refractivity contribution in [1.82, 2.24) is 4.98 Å². The van der Waals surface area contributed by atoms with Crippen LogP contribution in [0.1, 0.15) is 42.1 Å². The van der Waals surface area contributed by atoms with Crippen molar-refractivity contribution < 1.29 is 14.4 Å². The molecule has 0 saturated carbocycles. The molecule has 0 saturated heterocycles. The molecule has 8 nitrogen and oxygen atoms in total. The van der Waals surface area contributed by atoms with Crippen LogP contribution in [0.3, 0.4) is 0 Å². The molecule has 1 aliphatic rings. The maximum atomic E-state index is 10.8.